The molecule has 0 saturated heterocycles. The fourth-order valence-corrected chi connectivity index (χ4v) is 3.41. The molecule has 0 spiro atoms. The number of halogens is 1. The van der Waals surface area contributed by atoms with E-state index in [1.165, 1.54) is 7.11 Å². The molecular weight excluding hydrogens is 308 g/mol. The maximum absolute atomic E-state index is 12.4. The van der Waals surface area contributed by atoms with E-state index in [0.717, 1.165) is 5.56 Å². The molecule has 0 aliphatic heterocycles. The van der Waals surface area contributed by atoms with Crippen LogP contribution in [0.1, 0.15) is 11.1 Å². The quantitative estimate of drug-likeness (QED) is 0.878. The van der Waals surface area contributed by atoms with Crippen LogP contribution in [0.15, 0.2) is 41.3 Å². The Bertz CT molecular complexity index is 741. The monoisotopic (exact) mass is 320 g/mol. The number of nitriles is 1. The maximum atomic E-state index is 12.4. The Hall–Kier alpha value is -2.03. The minimum Gasteiger partial charge on any atom is -0.495 e. The molecule has 108 valence electrons. The molecule has 0 amide bonds. The molecule has 1 atom stereocenters. The van der Waals surface area contributed by atoms with E-state index in [1.54, 1.807) is 36.4 Å². The summed E-state index contributed by atoms with van der Waals surface area (Å²) in [5.41, 5.74) is 7.44. The van der Waals surface area contributed by atoms with E-state index >= 15 is 0 Å². The molecule has 0 saturated carbocycles. The van der Waals surface area contributed by atoms with E-state index in [9.17, 15) is 4.21 Å². The molecular formula is C15H13ClN2O2S. The zero-order chi connectivity index (χ0) is 15.4. The molecule has 1 unspecified atom stereocenters. The lowest BCUT2D eigenvalue weighted by molar-refractivity contribution is 0.413. The van der Waals surface area contributed by atoms with E-state index in [1.807, 2.05) is 6.07 Å². The fraction of sp³-hybridized carbons (Fsp3) is 0.133. The lowest BCUT2D eigenvalue weighted by Gasteiger charge is -2.08. The van der Waals surface area contributed by atoms with Crippen molar-refractivity contribution in [3.8, 4) is 11.8 Å². The number of hydrogen-bond acceptors (Lipinski definition) is 4. The second-order valence-corrected chi connectivity index (χ2v) is 6.15. The first kappa shape index (κ1) is 15.4. The van der Waals surface area contributed by atoms with Crippen LogP contribution in [0.5, 0.6) is 5.75 Å². The topological polar surface area (TPSA) is 76.1 Å². The van der Waals surface area contributed by atoms with Crippen LogP contribution in [0.4, 0.5) is 5.69 Å². The highest BCUT2D eigenvalue weighted by Crippen LogP contribution is 2.26. The van der Waals surface area contributed by atoms with Gasteiger partial charge < -0.3 is 10.5 Å². The second-order valence-electron chi connectivity index (χ2n) is 4.33. The molecule has 0 radical (unpaired) electrons. The summed E-state index contributed by atoms with van der Waals surface area (Å²) in [5, 5.41) is 9.37. The lowest BCUT2D eigenvalue weighted by Crippen LogP contribution is -2.00. The van der Waals surface area contributed by atoms with Gasteiger partial charge in [-0.05, 0) is 35.9 Å². The van der Waals surface area contributed by atoms with Gasteiger partial charge in [-0.15, -0.1) is 0 Å². The number of hydrogen-bond donors (Lipinski definition) is 1. The van der Waals surface area contributed by atoms with Gasteiger partial charge >= 0.3 is 0 Å². The van der Waals surface area contributed by atoms with Crippen LogP contribution in [-0.4, -0.2) is 11.3 Å². The zero-order valence-electron chi connectivity index (χ0n) is 11.3. The minimum atomic E-state index is -1.33. The lowest BCUT2D eigenvalue weighted by atomic mass is 10.1. The zero-order valence-corrected chi connectivity index (χ0v) is 12.9. The van der Waals surface area contributed by atoms with Crippen LogP contribution < -0.4 is 10.5 Å². The molecule has 2 aromatic rings. The van der Waals surface area contributed by atoms with Gasteiger partial charge in [-0.25, -0.2) is 0 Å². The molecule has 0 bridgehead atoms. The summed E-state index contributed by atoms with van der Waals surface area (Å²) in [4.78, 5) is 0.500. The summed E-state index contributed by atoms with van der Waals surface area (Å²) in [6, 6.07) is 12.0. The largest absolute Gasteiger partial charge is 0.495 e. The highest BCUT2D eigenvalue weighted by atomic mass is 35.5. The molecule has 2 rings (SSSR count). The average Bonchev–Trinajstić information content (AvgIpc) is 2.49. The summed E-state index contributed by atoms with van der Waals surface area (Å²) in [6.45, 7) is 0. The molecule has 0 heterocycles. The van der Waals surface area contributed by atoms with Gasteiger partial charge in [0, 0.05) is 5.69 Å². The first-order chi connectivity index (χ1) is 10.0. The van der Waals surface area contributed by atoms with Crippen molar-refractivity contribution in [1.29, 1.82) is 5.26 Å². The number of ether oxygens (including phenoxy) is 1. The molecule has 0 fully saturated rings. The van der Waals surface area contributed by atoms with E-state index in [4.69, 9.17) is 27.3 Å². The van der Waals surface area contributed by atoms with Crippen molar-refractivity contribution in [3.63, 3.8) is 0 Å². The van der Waals surface area contributed by atoms with Gasteiger partial charge in [-0.3, -0.25) is 4.21 Å². The van der Waals surface area contributed by atoms with E-state index in [-0.39, 0.29) is 5.75 Å². The van der Waals surface area contributed by atoms with Gasteiger partial charge in [0.2, 0.25) is 0 Å². The molecule has 2 aromatic carbocycles. The number of benzene rings is 2. The second kappa shape index (κ2) is 6.61. The van der Waals surface area contributed by atoms with E-state index in [0.29, 0.717) is 26.9 Å². The number of nitrogens with two attached hydrogens (primary N) is 1. The average molecular weight is 321 g/mol. The Morgan fingerprint density at radius 1 is 1.33 bits per heavy atom. The van der Waals surface area contributed by atoms with Crippen LogP contribution in [0.3, 0.4) is 0 Å². The highest BCUT2D eigenvalue weighted by Gasteiger charge is 2.12. The first-order valence-corrected chi connectivity index (χ1v) is 7.75. The third-order valence-corrected chi connectivity index (χ3v) is 4.75. The van der Waals surface area contributed by atoms with Crippen molar-refractivity contribution in [2.45, 2.75) is 10.6 Å². The summed E-state index contributed by atoms with van der Waals surface area (Å²) in [6.07, 6.45) is 0. The Balaban J connectivity index is 2.28. The fourth-order valence-electron chi connectivity index (χ4n) is 1.84. The predicted molar refractivity (Wildman–Crippen MR) is 83.7 cm³/mol. The normalized spacial score (nSPS) is 11.7. The third kappa shape index (κ3) is 3.54. The molecule has 6 heteroatoms. The standard InChI is InChI=1S/C15H13ClN2O2S/c1-20-14-6-10(2-3-11(14)8-17)9-21(19)15-7-12(18)4-5-13(15)16/h2-7H,9,18H2,1H3. The van der Waals surface area contributed by atoms with Crippen molar-refractivity contribution in [1.82, 2.24) is 0 Å². The molecule has 0 aliphatic rings. The van der Waals surface area contributed by atoms with Crippen LogP contribution in [0.2, 0.25) is 5.02 Å². The Kier molecular flexibility index (Phi) is 4.84. The number of nitrogens with zero attached hydrogens (tertiary/aromatic N) is 1. The van der Waals surface area contributed by atoms with Gasteiger partial charge in [-0.2, -0.15) is 5.26 Å². The smallest absolute Gasteiger partial charge is 0.136 e. The van der Waals surface area contributed by atoms with E-state index < -0.39 is 10.8 Å². The number of rotatable bonds is 4. The molecule has 4 nitrogen and oxygen atoms in total. The van der Waals surface area contributed by atoms with Crippen molar-refractivity contribution < 1.29 is 8.95 Å². The van der Waals surface area contributed by atoms with Crippen molar-refractivity contribution in [3.05, 3.63) is 52.5 Å². The predicted octanol–water partition coefficient (Wildman–Crippen LogP) is 3.11. The Morgan fingerprint density at radius 2 is 2.10 bits per heavy atom. The summed E-state index contributed by atoms with van der Waals surface area (Å²) >= 11 is 6.05. The van der Waals surface area contributed by atoms with Gasteiger partial charge in [-0.1, -0.05) is 17.7 Å². The summed E-state index contributed by atoms with van der Waals surface area (Å²) in [7, 11) is 0.166. The van der Waals surface area contributed by atoms with Crippen LogP contribution in [0.25, 0.3) is 0 Å². The molecule has 0 aromatic heterocycles. The van der Waals surface area contributed by atoms with Gasteiger partial charge in [0.1, 0.15) is 11.8 Å². The molecule has 21 heavy (non-hydrogen) atoms. The first-order valence-electron chi connectivity index (χ1n) is 6.05. The minimum absolute atomic E-state index is 0.269. The van der Waals surface area contributed by atoms with Crippen LogP contribution in [0, 0.1) is 11.3 Å². The third-order valence-electron chi connectivity index (χ3n) is 2.88. The number of nitrogen functional groups attached to an aromatic ring is 1. The number of methoxy groups -OCH3 is 1. The van der Waals surface area contributed by atoms with Crippen molar-refractivity contribution in [2.24, 2.45) is 0 Å². The van der Waals surface area contributed by atoms with E-state index in [2.05, 4.69) is 0 Å². The van der Waals surface area contributed by atoms with Crippen molar-refractivity contribution >= 4 is 28.1 Å². The molecule has 0 aliphatic carbocycles. The highest BCUT2D eigenvalue weighted by molar-refractivity contribution is 7.84. The maximum Gasteiger partial charge on any atom is 0.136 e. The SMILES string of the molecule is COc1cc(CS(=O)c2cc(N)ccc2Cl)ccc1C#N. The van der Waals surface area contributed by atoms with Crippen molar-refractivity contribution in [2.75, 3.05) is 12.8 Å². The summed E-state index contributed by atoms with van der Waals surface area (Å²) < 4.78 is 17.5. The van der Waals surface area contributed by atoms with Gasteiger partial charge in [0.15, 0.2) is 0 Å². The van der Waals surface area contributed by atoms with Gasteiger partial charge in [0.05, 0.1) is 39.1 Å². The Labute approximate surface area is 130 Å². The summed E-state index contributed by atoms with van der Waals surface area (Å²) in [5.74, 6) is 0.733. The van der Waals surface area contributed by atoms with Gasteiger partial charge in [0.25, 0.3) is 0 Å². The van der Waals surface area contributed by atoms with Crippen LogP contribution in [-0.2, 0) is 16.6 Å². The van der Waals surface area contributed by atoms with Crippen LogP contribution >= 0.6 is 11.6 Å². The number of anilines is 1. The Morgan fingerprint density at radius 3 is 2.76 bits per heavy atom. The molecule has 2 N–H and O–H groups in total.